The summed E-state index contributed by atoms with van der Waals surface area (Å²) in [5.74, 6) is -2.39. The zero-order valence-electron chi connectivity index (χ0n) is 28.5. The van der Waals surface area contributed by atoms with Crippen LogP contribution < -0.4 is 5.73 Å². The van der Waals surface area contributed by atoms with Crippen molar-refractivity contribution in [3.8, 4) is 0 Å². The van der Waals surface area contributed by atoms with Gasteiger partial charge in [0.15, 0.2) is 6.10 Å². The molecular formula is C34H64NO10P. The number of rotatable bonds is 34. The molecule has 0 bridgehead atoms. The van der Waals surface area contributed by atoms with Gasteiger partial charge in [-0.05, 0) is 25.7 Å². The first-order chi connectivity index (χ1) is 22.1. The van der Waals surface area contributed by atoms with Gasteiger partial charge >= 0.3 is 25.7 Å². The average Bonchev–Trinajstić information content (AvgIpc) is 3.02. The lowest BCUT2D eigenvalue weighted by atomic mass is 10.0. The predicted molar refractivity (Wildman–Crippen MR) is 180 cm³/mol. The van der Waals surface area contributed by atoms with Crippen molar-refractivity contribution < 1.29 is 47.5 Å². The number of carboxylic acid groups (broad SMARTS) is 1. The minimum Gasteiger partial charge on any atom is -0.480 e. The van der Waals surface area contributed by atoms with E-state index >= 15 is 0 Å². The molecule has 0 amide bonds. The molecule has 0 aliphatic heterocycles. The molecule has 0 heterocycles. The zero-order valence-corrected chi connectivity index (χ0v) is 29.4. The average molecular weight is 678 g/mol. The molecule has 46 heavy (non-hydrogen) atoms. The van der Waals surface area contributed by atoms with Crippen LogP contribution in [0.4, 0.5) is 0 Å². The monoisotopic (exact) mass is 677 g/mol. The van der Waals surface area contributed by atoms with E-state index in [1.165, 1.54) is 77.0 Å². The molecular weight excluding hydrogens is 613 g/mol. The van der Waals surface area contributed by atoms with Gasteiger partial charge in [-0.15, -0.1) is 6.58 Å². The highest BCUT2D eigenvalue weighted by Gasteiger charge is 2.28. The van der Waals surface area contributed by atoms with Gasteiger partial charge in [-0.2, -0.15) is 0 Å². The lowest BCUT2D eigenvalue weighted by Crippen LogP contribution is -2.34. The summed E-state index contributed by atoms with van der Waals surface area (Å²) in [7, 11) is -4.70. The molecule has 0 spiro atoms. The summed E-state index contributed by atoms with van der Waals surface area (Å²) in [5, 5.41) is 8.82. The molecule has 0 radical (unpaired) electrons. The van der Waals surface area contributed by atoms with Crippen LogP contribution in [0.3, 0.4) is 0 Å². The minimum atomic E-state index is -4.70. The van der Waals surface area contributed by atoms with Gasteiger partial charge in [0, 0.05) is 12.8 Å². The van der Waals surface area contributed by atoms with E-state index in [0.717, 1.165) is 44.9 Å². The van der Waals surface area contributed by atoms with E-state index in [2.05, 4.69) is 18.0 Å². The second-order valence-corrected chi connectivity index (χ2v) is 13.5. The van der Waals surface area contributed by atoms with Crippen LogP contribution in [-0.2, 0) is 37.5 Å². The summed E-state index contributed by atoms with van der Waals surface area (Å²) >= 11 is 0. The smallest absolute Gasteiger partial charge is 0.472 e. The fourth-order valence-electron chi connectivity index (χ4n) is 4.81. The van der Waals surface area contributed by atoms with Crippen LogP contribution in [0, 0.1) is 0 Å². The summed E-state index contributed by atoms with van der Waals surface area (Å²) in [6, 6.07) is -1.52. The van der Waals surface area contributed by atoms with E-state index in [9.17, 15) is 23.8 Å². The van der Waals surface area contributed by atoms with Gasteiger partial charge in [0.05, 0.1) is 13.2 Å². The summed E-state index contributed by atoms with van der Waals surface area (Å²) in [4.78, 5) is 45.5. The number of carboxylic acids is 1. The van der Waals surface area contributed by atoms with Gasteiger partial charge < -0.3 is 25.2 Å². The van der Waals surface area contributed by atoms with Crippen molar-refractivity contribution in [1.82, 2.24) is 0 Å². The van der Waals surface area contributed by atoms with Crippen LogP contribution in [0.2, 0.25) is 0 Å². The molecule has 4 N–H and O–H groups in total. The SMILES string of the molecule is C=CCCCCCCCCCCCCCCCC(=O)O[C@@H](COC(=O)CCCCCCCCC)COP(=O)(O)OC[C@H](N)C(=O)O. The number of aliphatic carboxylic acids is 1. The molecule has 270 valence electrons. The summed E-state index contributed by atoms with van der Waals surface area (Å²) in [6.07, 6.45) is 24.9. The number of esters is 2. The lowest BCUT2D eigenvalue weighted by molar-refractivity contribution is -0.161. The molecule has 1 unspecified atom stereocenters. The first kappa shape index (κ1) is 44.2. The molecule has 0 fully saturated rings. The Balaban J connectivity index is 4.38. The summed E-state index contributed by atoms with van der Waals surface area (Å²) in [5.41, 5.74) is 5.30. The van der Waals surface area contributed by atoms with Crippen molar-refractivity contribution in [2.75, 3.05) is 19.8 Å². The van der Waals surface area contributed by atoms with Gasteiger partial charge in [0.25, 0.3) is 0 Å². The van der Waals surface area contributed by atoms with Crippen molar-refractivity contribution in [1.29, 1.82) is 0 Å². The molecule has 0 aliphatic rings. The third-order valence-corrected chi connectivity index (χ3v) is 8.61. The maximum atomic E-state index is 12.5. The van der Waals surface area contributed by atoms with Crippen molar-refractivity contribution in [3.63, 3.8) is 0 Å². The molecule has 0 rings (SSSR count). The number of ether oxygens (including phenoxy) is 2. The third kappa shape index (κ3) is 29.6. The number of carbonyl (C=O) groups is 3. The number of carbonyl (C=O) groups excluding carboxylic acids is 2. The molecule has 0 aromatic heterocycles. The van der Waals surface area contributed by atoms with Crippen LogP contribution in [0.5, 0.6) is 0 Å². The van der Waals surface area contributed by atoms with Crippen molar-refractivity contribution in [3.05, 3.63) is 12.7 Å². The number of unbranched alkanes of at least 4 members (excludes halogenated alkanes) is 19. The standard InChI is InChI=1S/C34H64NO10P/c1-3-5-7-9-11-12-13-14-15-16-17-18-20-22-24-26-33(37)45-30(28-43-46(40,41)44-29-31(35)34(38)39)27-42-32(36)25-23-21-19-10-8-6-4-2/h3,30-31H,1,4-29,35H2,2H3,(H,38,39)(H,40,41)/t30-,31-/m0/s1. The van der Waals surface area contributed by atoms with Gasteiger partial charge in [-0.3, -0.25) is 23.4 Å². The molecule has 12 heteroatoms. The van der Waals surface area contributed by atoms with E-state index < -0.39 is 51.1 Å². The van der Waals surface area contributed by atoms with E-state index in [-0.39, 0.29) is 19.4 Å². The maximum absolute atomic E-state index is 12.5. The molecule has 11 nitrogen and oxygen atoms in total. The molecule has 0 saturated carbocycles. The van der Waals surface area contributed by atoms with E-state index in [0.29, 0.717) is 12.8 Å². The quantitative estimate of drug-likeness (QED) is 0.0260. The zero-order chi connectivity index (χ0) is 34.3. The first-order valence-electron chi connectivity index (χ1n) is 17.7. The second kappa shape index (κ2) is 30.5. The maximum Gasteiger partial charge on any atom is 0.472 e. The van der Waals surface area contributed by atoms with Gasteiger partial charge in [-0.25, -0.2) is 4.57 Å². The molecule has 3 atom stereocenters. The predicted octanol–water partition coefficient (Wildman–Crippen LogP) is 8.17. The minimum absolute atomic E-state index is 0.163. The molecule has 0 saturated heterocycles. The Bertz CT molecular complexity index is 841. The van der Waals surface area contributed by atoms with Crippen molar-refractivity contribution >= 4 is 25.7 Å². The van der Waals surface area contributed by atoms with Gasteiger partial charge in [0.1, 0.15) is 12.6 Å². The Morgan fingerprint density at radius 3 is 1.61 bits per heavy atom. The fourth-order valence-corrected chi connectivity index (χ4v) is 5.59. The molecule has 0 aromatic carbocycles. The Morgan fingerprint density at radius 1 is 0.696 bits per heavy atom. The van der Waals surface area contributed by atoms with E-state index in [1.807, 2.05) is 6.08 Å². The second-order valence-electron chi connectivity index (χ2n) is 12.1. The number of nitrogens with two attached hydrogens (primary N) is 1. The normalized spacial score (nSPS) is 13.9. The first-order valence-corrected chi connectivity index (χ1v) is 19.2. The van der Waals surface area contributed by atoms with E-state index in [1.54, 1.807) is 0 Å². The van der Waals surface area contributed by atoms with Crippen LogP contribution in [0.15, 0.2) is 12.7 Å². The highest BCUT2D eigenvalue weighted by molar-refractivity contribution is 7.47. The highest BCUT2D eigenvalue weighted by Crippen LogP contribution is 2.43. The topological polar surface area (TPSA) is 172 Å². The lowest BCUT2D eigenvalue weighted by Gasteiger charge is -2.20. The highest BCUT2D eigenvalue weighted by atomic mass is 31.2. The number of phosphoric acid groups is 1. The molecule has 0 aliphatic carbocycles. The third-order valence-electron chi connectivity index (χ3n) is 7.66. The van der Waals surface area contributed by atoms with Crippen LogP contribution in [0.1, 0.15) is 155 Å². The summed E-state index contributed by atoms with van der Waals surface area (Å²) in [6.45, 7) is 4.24. The van der Waals surface area contributed by atoms with Gasteiger partial charge in [-0.1, -0.05) is 122 Å². The number of phosphoric ester groups is 1. The van der Waals surface area contributed by atoms with Crippen LogP contribution in [-0.4, -0.2) is 59.9 Å². The number of hydrogen-bond acceptors (Lipinski definition) is 9. The fraction of sp³-hybridized carbons (Fsp3) is 0.853. The molecule has 0 aromatic rings. The Morgan fingerprint density at radius 2 is 1.13 bits per heavy atom. The van der Waals surface area contributed by atoms with Crippen LogP contribution >= 0.6 is 7.82 Å². The Hall–Kier alpha value is -1.78. The number of hydrogen-bond donors (Lipinski definition) is 3. The van der Waals surface area contributed by atoms with Crippen LogP contribution in [0.25, 0.3) is 0 Å². The van der Waals surface area contributed by atoms with Gasteiger partial charge in [0.2, 0.25) is 0 Å². The van der Waals surface area contributed by atoms with E-state index in [4.69, 9.17) is 24.8 Å². The number of allylic oxidation sites excluding steroid dienone is 1. The Kier molecular flexibility index (Phi) is 29.4. The summed E-state index contributed by atoms with van der Waals surface area (Å²) < 4.78 is 32.4. The van der Waals surface area contributed by atoms with Crippen molar-refractivity contribution in [2.24, 2.45) is 5.73 Å². The van der Waals surface area contributed by atoms with Crippen molar-refractivity contribution in [2.45, 2.75) is 167 Å². The largest absolute Gasteiger partial charge is 0.480 e. The Labute approximate surface area is 278 Å².